The lowest BCUT2D eigenvalue weighted by Gasteiger charge is -2.31. The number of halogens is 1. The molecule has 0 atom stereocenters. The zero-order valence-electron chi connectivity index (χ0n) is 13.7. The molecule has 1 heterocycles. The van der Waals surface area contributed by atoms with Gasteiger partial charge in [-0.3, -0.25) is 0 Å². The summed E-state index contributed by atoms with van der Waals surface area (Å²) in [6.07, 6.45) is 1.62. The van der Waals surface area contributed by atoms with E-state index in [0.29, 0.717) is 42.6 Å². The Bertz CT molecular complexity index is 629. The Balaban J connectivity index is 0.00000264. The second-order valence-electron chi connectivity index (χ2n) is 5.56. The van der Waals surface area contributed by atoms with Crippen LogP contribution >= 0.6 is 12.4 Å². The van der Waals surface area contributed by atoms with Crippen molar-refractivity contribution < 1.29 is 17.9 Å². The predicted molar refractivity (Wildman–Crippen MR) is 92.1 cm³/mol. The molecule has 0 aliphatic carbocycles. The quantitative estimate of drug-likeness (QED) is 0.861. The van der Waals surface area contributed by atoms with E-state index < -0.39 is 10.0 Å². The highest BCUT2D eigenvalue weighted by molar-refractivity contribution is 7.89. The smallest absolute Gasteiger partial charge is 0.243 e. The molecule has 0 unspecified atom stereocenters. The van der Waals surface area contributed by atoms with E-state index in [4.69, 9.17) is 15.2 Å². The van der Waals surface area contributed by atoms with E-state index in [1.54, 1.807) is 19.1 Å². The topological polar surface area (TPSA) is 81.9 Å². The van der Waals surface area contributed by atoms with Crippen LogP contribution in [0.25, 0.3) is 0 Å². The number of rotatable bonds is 5. The summed E-state index contributed by atoms with van der Waals surface area (Å²) in [5.41, 5.74) is 6.32. The minimum Gasteiger partial charge on any atom is -0.493 e. The third-order valence-corrected chi connectivity index (χ3v) is 6.25. The van der Waals surface area contributed by atoms with Gasteiger partial charge in [0.2, 0.25) is 10.0 Å². The van der Waals surface area contributed by atoms with Crippen LogP contribution < -0.4 is 15.2 Å². The monoisotopic (exact) mass is 364 g/mol. The highest BCUT2D eigenvalue weighted by atomic mass is 35.5. The van der Waals surface area contributed by atoms with E-state index in [-0.39, 0.29) is 17.3 Å². The zero-order valence-corrected chi connectivity index (χ0v) is 15.4. The normalized spacial score (nSPS) is 16.7. The average Bonchev–Trinajstić information content (AvgIpc) is 2.54. The minimum absolute atomic E-state index is 0. The van der Waals surface area contributed by atoms with Crippen LogP contribution in [0.3, 0.4) is 0 Å². The van der Waals surface area contributed by atoms with Gasteiger partial charge in [-0.25, -0.2) is 8.42 Å². The van der Waals surface area contributed by atoms with Crippen molar-refractivity contribution in [2.75, 3.05) is 33.9 Å². The summed E-state index contributed by atoms with van der Waals surface area (Å²) in [4.78, 5) is 0.274. The number of nitrogens with two attached hydrogens (primary N) is 1. The van der Waals surface area contributed by atoms with Crippen LogP contribution in [0.2, 0.25) is 0 Å². The number of ether oxygens (including phenoxy) is 2. The molecule has 132 valence electrons. The Morgan fingerprint density at radius 2 is 1.70 bits per heavy atom. The number of hydrogen-bond donors (Lipinski definition) is 1. The number of nitrogens with zero attached hydrogens (tertiary/aromatic N) is 1. The number of sulfonamides is 1. The number of hydrogen-bond acceptors (Lipinski definition) is 5. The number of benzene rings is 1. The molecule has 0 radical (unpaired) electrons. The summed E-state index contributed by atoms with van der Waals surface area (Å²) >= 11 is 0. The van der Waals surface area contributed by atoms with Gasteiger partial charge in [0, 0.05) is 19.2 Å². The fraction of sp³-hybridized carbons (Fsp3) is 0.600. The summed E-state index contributed by atoms with van der Waals surface area (Å²) in [5, 5.41) is 0. The molecular formula is C15H25ClN2O4S. The van der Waals surface area contributed by atoms with E-state index in [1.807, 2.05) is 0 Å². The van der Waals surface area contributed by atoms with Crippen molar-refractivity contribution >= 4 is 22.4 Å². The van der Waals surface area contributed by atoms with Crippen LogP contribution in [0.4, 0.5) is 0 Å². The van der Waals surface area contributed by atoms with Crippen LogP contribution in [0.5, 0.6) is 11.5 Å². The summed E-state index contributed by atoms with van der Waals surface area (Å²) in [5.74, 6) is 1.36. The average molecular weight is 365 g/mol. The highest BCUT2D eigenvalue weighted by Crippen LogP contribution is 2.34. The Morgan fingerprint density at radius 1 is 1.17 bits per heavy atom. The van der Waals surface area contributed by atoms with Gasteiger partial charge in [-0.05, 0) is 43.9 Å². The standard InChI is InChI=1S/C15H24N2O4S.ClH/c1-11-8-13(20-2)14(21-3)9-15(11)22(18,19)17-6-4-12(10-16)5-7-17;/h8-9,12H,4-7,10,16H2,1-3H3;1H. The first-order valence-electron chi connectivity index (χ1n) is 7.36. The van der Waals surface area contributed by atoms with Gasteiger partial charge in [0.1, 0.15) is 0 Å². The van der Waals surface area contributed by atoms with Crippen molar-refractivity contribution in [1.82, 2.24) is 4.31 Å². The summed E-state index contributed by atoms with van der Waals surface area (Å²) < 4.78 is 37.7. The van der Waals surface area contributed by atoms with E-state index >= 15 is 0 Å². The molecule has 6 nitrogen and oxygen atoms in total. The van der Waals surface area contributed by atoms with Gasteiger partial charge >= 0.3 is 0 Å². The Kier molecular flexibility index (Phi) is 7.13. The predicted octanol–water partition coefficient (Wildman–Crippen LogP) is 1.79. The van der Waals surface area contributed by atoms with Crippen molar-refractivity contribution in [3.05, 3.63) is 17.7 Å². The molecule has 2 N–H and O–H groups in total. The second-order valence-corrected chi connectivity index (χ2v) is 7.46. The first-order chi connectivity index (χ1) is 10.4. The molecule has 1 fully saturated rings. The molecule has 0 amide bonds. The maximum absolute atomic E-state index is 12.9. The molecule has 1 aromatic rings. The summed E-state index contributed by atoms with van der Waals surface area (Å²) in [6.45, 7) is 3.40. The lowest BCUT2D eigenvalue weighted by Crippen LogP contribution is -2.40. The maximum atomic E-state index is 12.9. The summed E-state index contributed by atoms with van der Waals surface area (Å²) in [6, 6.07) is 3.23. The van der Waals surface area contributed by atoms with Gasteiger partial charge < -0.3 is 15.2 Å². The van der Waals surface area contributed by atoms with Crippen molar-refractivity contribution in [3.8, 4) is 11.5 Å². The Morgan fingerprint density at radius 3 is 2.17 bits per heavy atom. The molecule has 2 rings (SSSR count). The van der Waals surface area contributed by atoms with Gasteiger partial charge in [0.15, 0.2) is 11.5 Å². The van der Waals surface area contributed by atoms with Gasteiger partial charge in [-0.1, -0.05) is 0 Å². The van der Waals surface area contributed by atoms with Crippen molar-refractivity contribution in [2.45, 2.75) is 24.7 Å². The first-order valence-corrected chi connectivity index (χ1v) is 8.80. The fourth-order valence-electron chi connectivity index (χ4n) is 2.76. The van der Waals surface area contributed by atoms with Gasteiger partial charge in [0.25, 0.3) is 0 Å². The van der Waals surface area contributed by atoms with E-state index in [9.17, 15) is 8.42 Å². The van der Waals surface area contributed by atoms with Gasteiger partial charge in [-0.15, -0.1) is 12.4 Å². The van der Waals surface area contributed by atoms with Crippen molar-refractivity contribution in [2.24, 2.45) is 11.7 Å². The third-order valence-electron chi connectivity index (χ3n) is 4.21. The molecule has 1 aromatic carbocycles. The molecule has 8 heteroatoms. The molecule has 23 heavy (non-hydrogen) atoms. The lowest BCUT2D eigenvalue weighted by molar-refractivity contribution is 0.278. The van der Waals surface area contributed by atoms with Crippen LogP contribution in [0, 0.1) is 12.8 Å². The molecule has 1 aliphatic heterocycles. The molecule has 0 aromatic heterocycles. The highest BCUT2D eigenvalue weighted by Gasteiger charge is 2.31. The molecule has 0 spiro atoms. The van der Waals surface area contributed by atoms with E-state index in [2.05, 4.69) is 0 Å². The molecular weight excluding hydrogens is 340 g/mol. The molecule has 0 bridgehead atoms. The SMILES string of the molecule is COc1cc(C)c(S(=O)(=O)N2CCC(CN)CC2)cc1OC.Cl. The second kappa shape index (κ2) is 8.19. The number of piperidine rings is 1. The first kappa shape index (κ1) is 20.0. The van der Waals surface area contributed by atoms with Gasteiger partial charge in [0.05, 0.1) is 19.1 Å². The van der Waals surface area contributed by atoms with Gasteiger partial charge in [-0.2, -0.15) is 4.31 Å². The third kappa shape index (κ3) is 4.09. The fourth-order valence-corrected chi connectivity index (χ4v) is 4.46. The molecule has 1 aliphatic rings. The molecule has 1 saturated heterocycles. The van der Waals surface area contributed by atoms with Crippen LogP contribution in [-0.4, -0.2) is 46.6 Å². The van der Waals surface area contributed by atoms with E-state index in [0.717, 1.165) is 12.8 Å². The van der Waals surface area contributed by atoms with Crippen LogP contribution in [0.1, 0.15) is 18.4 Å². The van der Waals surface area contributed by atoms with E-state index in [1.165, 1.54) is 18.5 Å². The molecule has 0 saturated carbocycles. The lowest BCUT2D eigenvalue weighted by atomic mass is 9.99. The van der Waals surface area contributed by atoms with Crippen LogP contribution in [-0.2, 0) is 10.0 Å². The van der Waals surface area contributed by atoms with Crippen molar-refractivity contribution in [1.29, 1.82) is 0 Å². The number of aryl methyl sites for hydroxylation is 1. The Labute approximate surface area is 144 Å². The summed E-state index contributed by atoms with van der Waals surface area (Å²) in [7, 11) is -0.498. The number of methoxy groups -OCH3 is 2. The Hall–Kier alpha value is -1.02. The maximum Gasteiger partial charge on any atom is 0.243 e. The largest absolute Gasteiger partial charge is 0.493 e. The van der Waals surface area contributed by atoms with Crippen LogP contribution in [0.15, 0.2) is 17.0 Å². The van der Waals surface area contributed by atoms with Crippen molar-refractivity contribution in [3.63, 3.8) is 0 Å². The zero-order chi connectivity index (χ0) is 16.3. The minimum atomic E-state index is -3.52.